The van der Waals surface area contributed by atoms with Crippen molar-refractivity contribution in [3.8, 4) is 0 Å². The van der Waals surface area contributed by atoms with E-state index in [1.807, 2.05) is 30.3 Å². The number of carbonyl (C=O) groups excluding carboxylic acids is 4. The topological polar surface area (TPSA) is 241 Å². The molecule has 5 aromatic carbocycles. The van der Waals surface area contributed by atoms with Crippen molar-refractivity contribution in [3.05, 3.63) is 179 Å². The van der Waals surface area contributed by atoms with Gasteiger partial charge in [0.05, 0.1) is 6.42 Å². The number of amides is 3. The Kier molecular flexibility index (Phi) is 19.3. The minimum Gasteiger partial charge on any atom is -0.481 e. The number of carbonyl (C=O) groups is 6. The van der Waals surface area contributed by atoms with E-state index in [1.54, 1.807) is 135 Å². The Morgan fingerprint density at radius 1 is 0.554 bits per heavy atom. The van der Waals surface area contributed by atoms with Crippen molar-refractivity contribution in [3.63, 3.8) is 0 Å². The lowest BCUT2D eigenvalue weighted by Crippen LogP contribution is -2.56. The Balaban J connectivity index is 0.000000286. The first-order valence-corrected chi connectivity index (χ1v) is 21.7. The van der Waals surface area contributed by atoms with Crippen molar-refractivity contribution in [1.29, 1.82) is 0 Å². The summed E-state index contributed by atoms with van der Waals surface area (Å²) in [6.07, 6.45) is -1.63. The van der Waals surface area contributed by atoms with Crippen LogP contribution in [0.25, 0.3) is 0 Å². The summed E-state index contributed by atoms with van der Waals surface area (Å²) >= 11 is 0. The summed E-state index contributed by atoms with van der Waals surface area (Å²) in [6, 6.07) is 40.5. The summed E-state index contributed by atoms with van der Waals surface area (Å²) in [5.74, 6) is -5.39. The van der Waals surface area contributed by atoms with Crippen LogP contribution in [0.4, 0.5) is 4.79 Å². The van der Waals surface area contributed by atoms with E-state index in [0.29, 0.717) is 22.3 Å². The number of carboxylic acids is 2. The fourth-order valence-corrected chi connectivity index (χ4v) is 7.62. The zero-order valence-electron chi connectivity index (χ0n) is 35.5. The van der Waals surface area contributed by atoms with Crippen LogP contribution >= 0.6 is 17.4 Å². The molecule has 16 nitrogen and oxygen atoms in total. The normalized spacial score (nSPS) is 12.7. The number of hydrogen-bond acceptors (Lipinski definition) is 11. The lowest BCUT2D eigenvalue weighted by atomic mass is 9.71. The Morgan fingerprint density at radius 3 is 1.28 bits per heavy atom. The van der Waals surface area contributed by atoms with E-state index in [4.69, 9.17) is 24.0 Å². The molecule has 0 aliphatic carbocycles. The smallest absolute Gasteiger partial charge is 0.481 e. The molecule has 0 aliphatic heterocycles. The van der Waals surface area contributed by atoms with E-state index < -0.39 is 88.8 Å². The number of Topliss-reactive ketones (excluding diaryl/α,β-unsaturated/α-hetero) is 1. The van der Waals surface area contributed by atoms with Crippen molar-refractivity contribution < 1.29 is 61.9 Å². The van der Waals surface area contributed by atoms with Crippen molar-refractivity contribution in [2.24, 2.45) is 5.92 Å². The van der Waals surface area contributed by atoms with E-state index in [9.17, 15) is 37.9 Å². The van der Waals surface area contributed by atoms with Crippen molar-refractivity contribution in [2.45, 2.75) is 63.1 Å². The molecule has 0 heterocycles. The van der Waals surface area contributed by atoms with Gasteiger partial charge in [-0.25, -0.2) is 9.59 Å². The molecule has 5 atom stereocenters. The fraction of sp³-hybridized carbons (Fsp3) is 0.234. The number of alkyl carbamates (subject to hydrolysis) is 1. The molecule has 18 heteroatoms. The van der Waals surface area contributed by atoms with E-state index in [2.05, 4.69) is 16.0 Å². The lowest BCUT2D eigenvalue weighted by molar-refractivity contribution is -0.147. The van der Waals surface area contributed by atoms with Crippen LogP contribution in [0.5, 0.6) is 0 Å². The molecule has 338 valence electrons. The van der Waals surface area contributed by atoms with Gasteiger partial charge in [-0.1, -0.05) is 166 Å². The molecule has 5 aromatic rings. The molecule has 3 amide bonds. The SMILES string of the molecule is CC(C)[C@H](NC(=O)OCc1ccccc1)C(=O)N[C@@H](C)C(=O)N[C@@H](CC(=O)O)C(=O)O.O=[PH+]OC(C(=O)C(O[PH+]=O)(c1ccccc1)c1ccccc1)(c1ccccc1)c1ccccc1. The van der Waals surface area contributed by atoms with Gasteiger partial charge in [0, 0.05) is 22.3 Å². The molecular weight excluding hydrogens is 876 g/mol. The van der Waals surface area contributed by atoms with Crippen molar-refractivity contribution >= 4 is 53.0 Å². The van der Waals surface area contributed by atoms with Gasteiger partial charge in [-0.2, -0.15) is 0 Å². The Hall–Kier alpha value is -6.96. The third kappa shape index (κ3) is 13.3. The van der Waals surface area contributed by atoms with Crippen LogP contribution in [0.2, 0.25) is 0 Å². The lowest BCUT2D eigenvalue weighted by Gasteiger charge is -2.36. The van der Waals surface area contributed by atoms with Crippen LogP contribution in [-0.2, 0) is 64.7 Å². The first kappa shape index (κ1) is 50.7. The van der Waals surface area contributed by atoms with Gasteiger partial charge < -0.3 is 30.9 Å². The second-order valence-electron chi connectivity index (χ2n) is 14.7. The maximum atomic E-state index is 15.0. The third-order valence-electron chi connectivity index (χ3n) is 9.93. The summed E-state index contributed by atoms with van der Waals surface area (Å²) in [5.41, 5.74) is -0.954. The average Bonchev–Trinajstić information content (AvgIpc) is 3.32. The summed E-state index contributed by atoms with van der Waals surface area (Å²) in [4.78, 5) is 73.5. The number of aliphatic carboxylic acids is 2. The summed E-state index contributed by atoms with van der Waals surface area (Å²) in [7, 11) is -2.51. The van der Waals surface area contributed by atoms with Crippen LogP contribution in [-0.4, -0.2) is 64.0 Å². The molecule has 0 aromatic heterocycles. The number of benzene rings is 5. The predicted octanol–water partition coefficient (Wildman–Crippen LogP) is 6.84. The molecule has 2 unspecified atom stereocenters. The maximum absolute atomic E-state index is 15.0. The Morgan fingerprint density at radius 2 is 0.938 bits per heavy atom. The number of rotatable bonds is 21. The van der Waals surface area contributed by atoms with Crippen LogP contribution in [0.3, 0.4) is 0 Å². The zero-order chi connectivity index (χ0) is 47.4. The molecule has 0 bridgehead atoms. The predicted molar refractivity (Wildman–Crippen MR) is 240 cm³/mol. The van der Waals surface area contributed by atoms with Crippen LogP contribution < -0.4 is 16.0 Å². The first-order valence-electron chi connectivity index (χ1n) is 20.1. The fourth-order valence-electron chi connectivity index (χ4n) is 6.72. The quantitative estimate of drug-likeness (QED) is 0.0474. The van der Waals surface area contributed by atoms with Gasteiger partial charge in [0.2, 0.25) is 28.8 Å². The van der Waals surface area contributed by atoms with Gasteiger partial charge in [-0.3, -0.25) is 19.2 Å². The Bertz CT molecular complexity index is 2200. The first-order chi connectivity index (χ1) is 31.2. The molecule has 5 rings (SSSR count). The molecular formula is C47H49N3O13P2+2. The van der Waals surface area contributed by atoms with Crippen molar-refractivity contribution in [2.75, 3.05) is 0 Å². The molecule has 0 saturated heterocycles. The number of ketones is 1. The number of carboxylic acid groups (broad SMARTS) is 2. The van der Waals surface area contributed by atoms with Gasteiger partial charge in [-0.05, 0) is 27.5 Å². The van der Waals surface area contributed by atoms with Crippen LogP contribution in [0.1, 0.15) is 55.0 Å². The zero-order valence-corrected chi connectivity index (χ0v) is 37.5. The number of nitrogens with one attached hydrogen (secondary N) is 3. The van der Waals surface area contributed by atoms with Crippen LogP contribution in [0.15, 0.2) is 152 Å². The summed E-state index contributed by atoms with van der Waals surface area (Å²) in [6.45, 7) is 4.68. The summed E-state index contributed by atoms with van der Waals surface area (Å²) < 4.78 is 41.1. The molecule has 0 saturated carbocycles. The number of hydrogen-bond donors (Lipinski definition) is 5. The summed E-state index contributed by atoms with van der Waals surface area (Å²) in [5, 5.41) is 24.6. The minimum atomic E-state index is -1.81. The second-order valence-corrected chi connectivity index (χ2v) is 15.4. The minimum absolute atomic E-state index is 0.0120. The highest BCUT2D eigenvalue weighted by molar-refractivity contribution is 7.17. The molecule has 0 aliphatic rings. The molecule has 0 radical (unpaired) electrons. The van der Waals surface area contributed by atoms with Gasteiger partial charge in [-0.15, -0.1) is 9.05 Å². The molecule has 65 heavy (non-hydrogen) atoms. The van der Waals surface area contributed by atoms with Crippen LogP contribution in [0, 0.1) is 5.92 Å². The van der Waals surface area contributed by atoms with Gasteiger partial charge in [0.25, 0.3) is 0 Å². The van der Waals surface area contributed by atoms with Crippen molar-refractivity contribution in [1.82, 2.24) is 16.0 Å². The van der Waals surface area contributed by atoms with Gasteiger partial charge in [0.15, 0.2) is 0 Å². The second kappa shape index (κ2) is 24.8. The average molecular weight is 926 g/mol. The molecule has 0 spiro atoms. The van der Waals surface area contributed by atoms with E-state index in [1.165, 1.54) is 6.92 Å². The van der Waals surface area contributed by atoms with E-state index in [-0.39, 0.29) is 12.5 Å². The highest BCUT2D eigenvalue weighted by Gasteiger charge is 2.61. The van der Waals surface area contributed by atoms with E-state index >= 15 is 0 Å². The largest absolute Gasteiger partial charge is 0.495 e. The van der Waals surface area contributed by atoms with E-state index in [0.717, 1.165) is 5.56 Å². The molecule has 5 N–H and O–H groups in total. The molecule has 0 fully saturated rings. The maximum Gasteiger partial charge on any atom is 0.495 e. The third-order valence-corrected chi connectivity index (χ3v) is 10.7. The standard InChI is InChI=1S/C27H22O5P2.C20H27N3O8/c28-25(26(31-33-29,21-13-5-1-6-14-21)22-15-7-2-8-16-22)27(32-34-30,23-17-9-3-10-18-23)24-19-11-4-12-20-24;1-11(2)16(23-20(30)31-10-13-7-5-4-6-8-13)18(27)21-12(3)17(26)22-14(19(28)29)9-15(24)25/h1-20,33-34H;4-8,11-12,14,16H,9-10H2,1-3H3,(H,21,27)(H,22,26)(H,23,30)(H,24,25)(H,28,29)/q+2;/t;12-,14-,16-/m.0/s1. The Labute approximate surface area is 378 Å². The number of ether oxygens (including phenoxy) is 1. The van der Waals surface area contributed by atoms with Gasteiger partial charge >= 0.3 is 35.4 Å². The highest BCUT2D eigenvalue weighted by Crippen LogP contribution is 2.48. The highest BCUT2D eigenvalue weighted by atomic mass is 31.1. The monoisotopic (exact) mass is 925 g/mol. The van der Waals surface area contributed by atoms with Gasteiger partial charge in [0.1, 0.15) is 24.7 Å².